The van der Waals surface area contributed by atoms with Crippen LogP contribution in [-0.4, -0.2) is 23.0 Å². The number of nitrogens with zero attached hydrogens (tertiary/aromatic N) is 1. The summed E-state index contributed by atoms with van der Waals surface area (Å²) < 4.78 is 4.89. The monoisotopic (exact) mass is 331 g/mol. The van der Waals surface area contributed by atoms with Gasteiger partial charge in [0, 0.05) is 12.1 Å². The lowest BCUT2D eigenvalue weighted by atomic mass is 9.48. The Morgan fingerprint density at radius 1 is 1.17 bits per heavy atom. The van der Waals surface area contributed by atoms with Crippen molar-refractivity contribution in [3.63, 3.8) is 0 Å². The first-order valence-electron chi connectivity index (χ1n) is 8.99. The molecule has 0 spiro atoms. The van der Waals surface area contributed by atoms with E-state index in [1.807, 2.05) is 0 Å². The summed E-state index contributed by atoms with van der Waals surface area (Å²) in [6.07, 6.45) is 7.70. The molecule has 1 heterocycles. The number of amides is 2. The van der Waals surface area contributed by atoms with Crippen LogP contribution in [0, 0.1) is 30.1 Å². The van der Waals surface area contributed by atoms with Gasteiger partial charge < -0.3 is 9.84 Å². The highest BCUT2D eigenvalue weighted by Crippen LogP contribution is 2.61. The van der Waals surface area contributed by atoms with Gasteiger partial charge in [0.1, 0.15) is 5.76 Å². The van der Waals surface area contributed by atoms with Gasteiger partial charge in [-0.1, -0.05) is 5.16 Å². The van der Waals surface area contributed by atoms with Crippen LogP contribution < -0.4 is 10.6 Å². The van der Waals surface area contributed by atoms with Crippen molar-refractivity contribution in [3.8, 4) is 0 Å². The lowest BCUT2D eigenvalue weighted by Crippen LogP contribution is -2.57. The van der Waals surface area contributed by atoms with Gasteiger partial charge in [0.05, 0.1) is 0 Å². The van der Waals surface area contributed by atoms with Gasteiger partial charge >= 0.3 is 11.8 Å². The third-order valence-electron chi connectivity index (χ3n) is 6.43. The molecule has 130 valence electrons. The third kappa shape index (κ3) is 2.72. The van der Waals surface area contributed by atoms with Crippen LogP contribution in [0.3, 0.4) is 0 Å². The fourth-order valence-corrected chi connectivity index (χ4v) is 5.72. The molecular weight excluding hydrogens is 306 g/mol. The Bertz CT molecular complexity index is 631. The quantitative estimate of drug-likeness (QED) is 0.834. The lowest BCUT2D eigenvalue weighted by molar-refractivity contribution is -0.138. The Morgan fingerprint density at radius 3 is 2.25 bits per heavy atom. The predicted molar refractivity (Wildman–Crippen MR) is 88.1 cm³/mol. The van der Waals surface area contributed by atoms with Gasteiger partial charge in [-0.25, -0.2) is 0 Å². The first-order chi connectivity index (χ1) is 11.4. The number of nitrogens with one attached hydrogen (secondary N) is 2. The van der Waals surface area contributed by atoms with Crippen molar-refractivity contribution in [2.45, 2.75) is 58.4 Å². The summed E-state index contributed by atoms with van der Waals surface area (Å²) in [4.78, 5) is 24.4. The molecule has 5 rings (SSSR count). The maximum atomic E-state index is 12.3. The normalized spacial score (nSPS) is 34.8. The Balaban J connectivity index is 1.39. The highest BCUT2D eigenvalue weighted by atomic mass is 16.5. The summed E-state index contributed by atoms with van der Waals surface area (Å²) in [7, 11) is 0. The molecule has 2 N–H and O–H groups in total. The minimum Gasteiger partial charge on any atom is -0.360 e. The van der Waals surface area contributed by atoms with Crippen LogP contribution in [0.25, 0.3) is 0 Å². The van der Waals surface area contributed by atoms with E-state index in [0.717, 1.165) is 17.8 Å². The second-order valence-electron chi connectivity index (χ2n) is 8.25. The van der Waals surface area contributed by atoms with Crippen molar-refractivity contribution in [1.82, 2.24) is 10.5 Å². The zero-order valence-electron chi connectivity index (χ0n) is 14.3. The summed E-state index contributed by atoms with van der Waals surface area (Å²) in [5.41, 5.74) is 0.190. The first-order valence-corrected chi connectivity index (χ1v) is 8.99. The van der Waals surface area contributed by atoms with Gasteiger partial charge in [0.25, 0.3) is 0 Å². The summed E-state index contributed by atoms with van der Waals surface area (Å²) in [5.74, 6) is 2.06. The van der Waals surface area contributed by atoms with Gasteiger partial charge in [-0.05, 0) is 75.5 Å². The molecule has 1 unspecified atom stereocenters. The third-order valence-corrected chi connectivity index (χ3v) is 6.43. The summed E-state index contributed by atoms with van der Waals surface area (Å²) in [6.45, 7) is 3.80. The van der Waals surface area contributed by atoms with E-state index < -0.39 is 11.8 Å². The number of rotatable bonds is 3. The molecule has 4 aliphatic rings. The number of hydrogen-bond donors (Lipinski definition) is 2. The van der Waals surface area contributed by atoms with Gasteiger partial charge in [-0.2, -0.15) is 0 Å². The molecule has 0 aliphatic heterocycles. The van der Waals surface area contributed by atoms with E-state index >= 15 is 0 Å². The van der Waals surface area contributed by atoms with E-state index in [9.17, 15) is 9.59 Å². The van der Waals surface area contributed by atoms with E-state index in [1.165, 1.54) is 38.5 Å². The number of anilines is 1. The maximum absolute atomic E-state index is 12.3. The summed E-state index contributed by atoms with van der Waals surface area (Å²) in [6, 6.07) is 1.62. The largest absolute Gasteiger partial charge is 0.360 e. The van der Waals surface area contributed by atoms with Crippen molar-refractivity contribution in [3.05, 3.63) is 11.8 Å². The zero-order chi connectivity index (χ0) is 16.9. The van der Waals surface area contributed by atoms with Crippen LogP contribution in [0.5, 0.6) is 0 Å². The topological polar surface area (TPSA) is 84.2 Å². The molecule has 24 heavy (non-hydrogen) atoms. The molecule has 2 amide bonds. The number of carbonyl (C=O) groups is 2. The second-order valence-corrected chi connectivity index (χ2v) is 8.25. The molecule has 1 aromatic rings. The molecule has 1 atom stereocenters. The zero-order valence-corrected chi connectivity index (χ0v) is 14.3. The molecule has 0 saturated heterocycles. The summed E-state index contributed by atoms with van der Waals surface area (Å²) in [5, 5.41) is 9.13. The lowest BCUT2D eigenvalue weighted by Gasteiger charge is -2.59. The Kier molecular flexibility index (Phi) is 3.66. The first kappa shape index (κ1) is 15.7. The molecule has 4 aliphatic carbocycles. The Hall–Kier alpha value is -1.85. The van der Waals surface area contributed by atoms with Crippen molar-refractivity contribution in [1.29, 1.82) is 0 Å². The van der Waals surface area contributed by atoms with E-state index in [-0.39, 0.29) is 17.3 Å². The van der Waals surface area contributed by atoms with Crippen molar-refractivity contribution in [2.75, 3.05) is 5.32 Å². The predicted octanol–water partition coefficient (Wildman–Crippen LogP) is 2.64. The Labute approximate surface area is 141 Å². The maximum Gasteiger partial charge on any atom is 0.314 e. The van der Waals surface area contributed by atoms with Crippen LogP contribution in [-0.2, 0) is 9.59 Å². The standard InChI is InChI=1S/C18H25N3O3/c1-10-3-15(21-24-10)20-17(23)16(22)19-11(2)18-7-12-4-13(8-18)6-14(5-12)9-18/h3,11-14H,4-9H2,1-2H3,(H,19,22)(H,20,21,23). The van der Waals surface area contributed by atoms with Crippen LogP contribution in [0.15, 0.2) is 10.6 Å². The molecule has 0 radical (unpaired) electrons. The smallest absolute Gasteiger partial charge is 0.314 e. The van der Waals surface area contributed by atoms with Crippen molar-refractivity contribution >= 4 is 17.6 Å². The molecular formula is C18H25N3O3. The van der Waals surface area contributed by atoms with Gasteiger partial charge in [0.2, 0.25) is 0 Å². The van der Waals surface area contributed by atoms with E-state index in [0.29, 0.717) is 5.76 Å². The number of carbonyl (C=O) groups excluding carboxylic acids is 2. The van der Waals surface area contributed by atoms with Crippen molar-refractivity contribution in [2.24, 2.45) is 23.2 Å². The minimum atomic E-state index is -0.681. The van der Waals surface area contributed by atoms with Crippen LogP contribution >= 0.6 is 0 Å². The van der Waals surface area contributed by atoms with Gasteiger partial charge in [0.15, 0.2) is 5.82 Å². The van der Waals surface area contributed by atoms with Crippen LogP contribution in [0.4, 0.5) is 5.82 Å². The van der Waals surface area contributed by atoms with Gasteiger partial charge in [-0.15, -0.1) is 0 Å². The average Bonchev–Trinajstić information content (AvgIpc) is 2.90. The van der Waals surface area contributed by atoms with Crippen molar-refractivity contribution < 1.29 is 14.1 Å². The van der Waals surface area contributed by atoms with Crippen LogP contribution in [0.1, 0.15) is 51.2 Å². The second kappa shape index (κ2) is 5.60. The highest BCUT2D eigenvalue weighted by Gasteiger charge is 2.53. The summed E-state index contributed by atoms with van der Waals surface area (Å²) >= 11 is 0. The minimum absolute atomic E-state index is 0.0307. The van der Waals surface area contributed by atoms with E-state index in [1.54, 1.807) is 13.0 Å². The molecule has 1 aromatic heterocycles. The number of hydrogen-bond acceptors (Lipinski definition) is 4. The fourth-order valence-electron chi connectivity index (χ4n) is 5.72. The Morgan fingerprint density at radius 2 is 1.75 bits per heavy atom. The number of aromatic nitrogens is 1. The van der Waals surface area contributed by atoms with Gasteiger partial charge in [-0.3, -0.25) is 14.9 Å². The molecule has 6 heteroatoms. The molecule has 4 fully saturated rings. The average molecular weight is 331 g/mol. The molecule has 6 nitrogen and oxygen atoms in total. The SMILES string of the molecule is Cc1cc(NC(=O)C(=O)NC(C)C23CC4CC(CC(C4)C2)C3)no1. The van der Waals surface area contributed by atoms with E-state index in [4.69, 9.17) is 4.52 Å². The number of aryl methyl sites for hydroxylation is 1. The highest BCUT2D eigenvalue weighted by molar-refractivity contribution is 6.39. The molecule has 4 bridgehead atoms. The van der Waals surface area contributed by atoms with Crippen LogP contribution in [0.2, 0.25) is 0 Å². The van der Waals surface area contributed by atoms with E-state index in [2.05, 4.69) is 22.7 Å². The molecule has 4 saturated carbocycles. The molecule has 0 aromatic carbocycles. The fraction of sp³-hybridized carbons (Fsp3) is 0.722.